The molecular weight excluding hydrogens is 202 g/mol. The Labute approximate surface area is 86.1 Å². The molecule has 0 atom stereocenters. The van der Waals surface area contributed by atoms with Crippen molar-refractivity contribution in [2.45, 2.75) is 13.8 Å². The molecule has 0 saturated heterocycles. The first-order valence-electron chi connectivity index (χ1n) is 4.33. The summed E-state index contributed by atoms with van der Waals surface area (Å²) in [5.74, 6) is -1.14. The maximum Gasteiger partial charge on any atom is 0.361 e. The first kappa shape index (κ1) is 11.2. The summed E-state index contributed by atoms with van der Waals surface area (Å²) in [6, 6.07) is 0. The number of carbonyl (C=O) groups is 2. The van der Waals surface area contributed by atoms with Gasteiger partial charge < -0.3 is 14.0 Å². The Balaban J connectivity index is 3.09. The molecule has 6 nitrogen and oxygen atoms in total. The second kappa shape index (κ2) is 4.59. The molecule has 1 heterocycles. The van der Waals surface area contributed by atoms with Crippen molar-refractivity contribution in [2.24, 2.45) is 0 Å². The molecule has 0 radical (unpaired) electrons. The van der Waals surface area contributed by atoms with E-state index in [0.717, 1.165) is 0 Å². The zero-order valence-electron chi connectivity index (χ0n) is 8.70. The molecule has 0 aliphatic rings. The summed E-state index contributed by atoms with van der Waals surface area (Å²) in [5, 5.41) is 3.44. The lowest BCUT2D eigenvalue weighted by Gasteiger charge is -2.00. The third kappa shape index (κ3) is 2.15. The lowest BCUT2D eigenvalue weighted by atomic mass is 10.2. The number of esters is 2. The largest absolute Gasteiger partial charge is 0.464 e. The van der Waals surface area contributed by atoms with Crippen molar-refractivity contribution in [1.29, 1.82) is 0 Å². The van der Waals surface area contributed by atoms with Gasteiger partial charge in [-0.15, -0.1) is 0 Å². The van der Waals surface area contributed by atoms with Crippen LogP contribution >= 0.6 is 0 Å². The summed E-state index contributed by atoms with van der Waals surface area (Å²) in [5.41, 5.74) is -0.142. The van der Waals surface area contributed by atoms with Gasteiger partial charge >= 0.3 is 11.9 Å². The normalized spacial score (nSPS) is 9.80. The van der Waals surface area contributed by atoms with Crippen molar-refractivity contribution in [1.82, 2.24) is 5.16 Å². The molecule has 82 valence electrons. The Morgan fingerprint density at radius 1 is 1.40 bits per heavy atom. The Hall–Kier alpha value is -1.85. The molecule has 0 fully saturated rings. The molecule has 1 rings (SSSR count). The van der Waals surface area contributed by atoms with Gasteiger partial charge in [-0.3, -0.25) is 0 Å². The molecule has 0 aliphatic carbocycles. The van der Waals surface area contributed by atoms with E-state index in [0.29, 0.717) is 0 Å². The molecular formula is C9H11NO5. The average molecular weight is 213 g/mol. The van der Waals surface area contributed by atoms with Crippen molar-refractivity contribution < 1.29 is 23.6 Å². The second-order valence-corrected chi connectivity index (χ2v) is 2.67. The van der Waals surface area contributed by atoms with Crippen LogP contribution in [0.3, 0.4) is 0 Å². The van der Waals surface area contributed by atoms with Gasteiger partial charge in [-0.05, 0) is 13.8 Å². The van der Waals surface area contributed by atoms with Crippen LogP contribution in [0.1, 0.15) is 33.5 Å². The SMILES string of the molecule is CCOC(=O)c1c(C(=O)OC)noc1C. The predicted octanol–water partition coefficient (Wildman–Crippen LogP) is 0.946. The van der Waals surface area contributed by atoms with E-state index in [9.17, 15) is 9.59 Å². The van der Waals surface area contributed by atoms with Gasteiger partial charge in [-0.1, -0.05) is 5.16 Å². The summed E-state index contributed by atoms with van der Waals surface area (Å²) < 4.78 is 13.9. The predicted molar refractivity (Wildman–Crippen MR) is 48.5 cm³/mol. The van der Waals surface area contributed by atoms with E-state index in [2.05, 4.69) is 9.89 Å². The van der Waals surface area contributed by atoms with Crippen LogP contribution in [-0.2, 0) is 9.47 Å². The number of rotatable bonds is 3. The molecule has 0 unspecified atom stereocenters. The van der Waals surface area contributed by atoms with Crippen molar-refractivity contribution in [3.05, 3.63) is 17.0 Å². The van der Waals surface area contributed by atoms with Crippen LogP contribution in [-0.4, -0.2) is 30.8 Å². The molecule has 0 amide bonds. The minimum atomic E-state index is -0.727. The quantitative estimate of drug-likeness (QED) is 0.695. The molecule has 0 aromatic carbocycles. The highest BCUT2D eigenvalue weighted by atomic mass is 16.5. The zero-order valence-corrected chi connectivity index (χ0v) is 8.70. The van der Waals surface area contributed by atoms with Gasteiger partial charge in [0.1, 0.15) is 11.3 Å². The van der Waals surface area contributed by atoms with Crippen LogP contribution in [0.25, 0.3) is 0 Å². The number of aryl methyl sites for hydroxylation is 1. The van der Waals surface area contributed by atoms with Gasteiger partial charge in [0.15, 0.2) is 0 Å². The highest BCUT2D eigenvalue weighted by Crippen LogP contribution is 2.15. The van der Waals surface area contributed by atoms with Crippen LogP contribution in [0.4, 0.5) is 0 Å². The molecule has 15 heavy (non-hydrogen) atoms. The van der Waals surface area contributed by atoms with Crippen molar-refractivity contribution in [2.75, 3.05) is 13.7 Å². The second-order valence-electron chi connectivity index (χ2n) is 2.67. The fourth-order valence-corrected chi connectivity index (χ4v) is 1.05. The monoisotopic (exact) mass is 213 g/mol. The number of ether oxygens (including phenoxy) is 2. The van der Waals surface area contributed by atoms with Crippen molar-refractivity contribution in [3.63, 3.8) is 0 Å². The van der Waals surface area contributed by atoms with Gasteiger partial charge in [0.2, 0.25) is 5.69 Å². The van der Waals surface area contributed by atoms with E-state index < -0.39 is 11.9 Å². The fraction of sp³-hybridized carbons (Fsp3) is 0.444. The van der Waals surface area contributed by atoms with Crippen LogP contribution in [0.2, 0.25) is 0 Å². The average Bonchev–Trinajstić information content (AvgIpc) is 2.59. The number of hydrogen-bond donors (Lipinski definition) is 0. The third-order valence-corrected chi connectivity index (χ3v) is 1.72. The minimum absolute atomic E-state index is 0.0173. The fourth-order valence-electron chi connectivity index (χ4n) is 1.05. The van der Waals surface area contributed by atoms with Crippen LogP contribution in [0.5, 0.6) is 0 Å². The van der Waals surface area contributed by atoms with E-state index in [1.807, 2.05) is 0 Å². The summed E-state index contributed by atoms with van der Waals surface area (Å²) in [7, 11) is 1.20. The number of methoxy groups -OCH3 is 1. The maximum atomic E-state index is 11.4. The van der Waals surface area contributed by atoms with Crippen molar-refractivity contribution >= 4 is 11.9 Å². The standard InChI is InChI=1S/C9H11NO5/c1-4-14-8(11)6-5(2)15-10-7(6)9(12)13-3/h4H2,1-3H3. The smallest absolute Gasteiger partial charge is 0.361 e. The molecule has 1 aromatic heterocycles. The van der Waals surface area contributed by atoms with Gasteiger partial charge in [0.05, 0.1) is 13.7 Å². The molecule has 0 saturated carbocycles. The molecule has 0 spiro atoms. The van der Waals surface area contributed by atoms with E-state index in [-0.39, 0.29) is 23.6 Å². The van der Waals surface area contributed by atoms with E-state index in [4.69, 9.17) is 9.26 Å². The van der Waals surface area contributed by atoms with Gasteiger partial charge in [0.25, 0.3) is 0 Å². The topological polar surface area (TPSA) is 78.6 Å². The van der Waals surface area contributed by atoms with Crippen LogP contribution in [0.15, 0.2) is 4.52 Å². The highest BCUT2D eigenvalue weighted by Gasteiger charge is 2.26. The number of hydrogen-bond acceptors (Lipinski definition) is 6. The van der Waals surface area contributed by atoms with E-state index in [1.165, 1.54) is 14.0 Å². The first-order valence-corrected chi connectivity index (χ1v) is 4.33. The summed E-state index contributed by atoms with van der Waals surface area (Å²) in [6.45, 7) is 3.40. The van der Waals surface area contributed by atoms with Gasteiger partial charge in [-0.25, -0.2) is 9.59 Å². The zero-order chi connectivity index (χ0) is 11.4. The summed E-state index contributed by atoms with van der Waals surface area (Å²) >= 11 is 0. The minimum Gasteiger partial charge on any atom is -0.464 e. The van der Waals surface area contributed by atoms with E-state index >= 15 is 0 Å². The number of aromatic nitrogens is 1. The summed E-state index contributed by atoms with van der Waals surface area (Å²) in [4.78, 5) is 22.6. The lowest BCUT2D eigenvalue weighted by molar-refractivity contribution is 0.0502. The Morgan fingerprint density at radius 3 is 2.60 bits per heavy atom. The van der Waals surface area contributed by atoms with Gasteiger partial charge in [-0.2, -0.15) is 0 Å². The number of carbonyl (C=O) groups excluding carboxylic acids is 2. The van der Waals surface area contributed by atoms with Crippen molar-refractivity contribution in [3.8, 4) is 0 Å². The molecule has 0 aliphatic heterocycles. The lowest BCUT2D eigenvalue weighted by Crippen LogP contribution is -2.12. The molecule has 0 N–H and O–H groups in total. The molecule has 1 aromatic rings. The van der Waals surface area contributed by atoms with Crippen LogP contribution in [0, 0.1) is 6.92 Å². The third-order valence-electron chi connectivity index (χ3n) is 1.72. The summed E-state index contributed by atoms with van der Waals surface area (Å²) in [6.07, 6.45) is 0. The van der Waals surface area contributed by atoms with E-state index in [1.54, 1.807) is 6.92 Å². The number of nitrogens with zero attached hydrogens (tertiary/aromatic N) is 1. The Bertz CT molecular complexity index is 382. The first-order chi connectivity index (χ1) is 7.11. The molecule has 6 heteroatoms. The highest BCUT2D eigenvalue weighted by molar-refractivity contribution is 6.02. The molecule has 0 bridgehead atoms. The Kier molecular flexibility index (Phi) is 3.43. The van der Waals surface area contributed by atoms with Gasteiger partial charge in [0, 0.05) is 0 Å². The maximum absolute atomic E-state index is 11.4. The Morgan fingerprint density at radius 2 is 2.07 bits per heavy atom. The van der Waals surface area contributed by atoms with Crippen LogP contribution < -0.4 is 0 Å².